The number of likely N-dealkylation sites (N-methyl/N-ethyl adjacent to an activating group) is 1. The molecule has 1 aromatic rings. The largest absolute Gasteiger partial charge is 0.478 e. The van der Waals surface area contributed by atoms with Crippen LogP contribution in [0.15, 0.2) is 18.2 Å². The maximum absolute atomic E-state index is 11.4. The van der Waals surface area contributed by atoms with Gasteiger partial charge in [0.1, 0.15) is 5.69 Å². The predicted molar refractivity (Wildman–Crippen MR) is 79.0 cm³/mol. The molecule has 1 N–H and O–H groups in total. The van der Waals surface area contributed by atoms with Crippen molar-refractivity contribution >= 4 is 17.3 Å². The summed E-state index contributed by atoms with van der Waals surface area (Å²) in [5.74, 6) is -1.14. The van der Waals surface area contributed by atoms with Crippen LogP contribution in [0.4, 0.5) is 11.4 Å². The number of nitro groups is 1. The summed E-state index contributed by atoms with van der Waals surface area (Å²) in [5, 5.41) is 20.5. The Labute approximate surface area is 122 Å². The van der Waals surface area contributed by atoms with Crippen molar-refractivity contribution in [2.75, 3.05) is 32.1 Å². The lowest BCUT2D eigenvalue weighted by atomic mass is 10.0. The molecule has 7 nitrogen and oxygen atoms in total. The number of hydrogen-bond acceptors (Lipinski definition) is 5. The third-order valence-corrected chi connectivity index (χ3v) is 3.88. The Bertz CT molecular complexity index is 527. The maximum atomic E-state index is 11.4. The highest BCUT2D eigenvalue weighted by atomic mass is 16.6. The molecule has 1 heterocycles. The quantitative estimate of drug-likeness (QED) is 0.673. The molecule has 0 saturated carbocycles. The highest BCUT2D eigenvalue weighted by molar-refractivity contribution is 5.97. The summed E-state index contributed by atoms with van der Waals surface area (Å²) in [6, 6.07) is 4.46. The first-order valence-corrected chi connectivity index (χ1v) is 6.84. The van der Waals surface area contributed by atoms with E-state index in [0.717, 1.165) is 12.8 Å². The molecule has 1 saturated heterocycles. The van der Waals surface area contributed by atoms with Crippen molar-refractivity contribution in [3.05, 3.63) is 33.9 Å². The van der Waals surface area contributed by atoms with Crippen LogP contribution in [0.25, 0.3) is 0 Å². The van der Waals surface area contributed by atoms with Crippen LogP contribution in [-0.4, -0.2) is 54.1 Å². The molecule has 0 spiro atoms. The van der Waals surface area contributed by atoms with Crippen molar-refractivity contribution in [2.24, 2.45) is 0 Å². The fraction of sp³-hybridized carbons (Fsp3) is 0.500. The van der Waals surface area contributed by atoms with Gasteiger partial charge in [-0.15, -0.1) is 0 Å². The number of carbonyl (C=O) groups is 1. The summed E-state index contributed by atoms with van der Waals surface area (Å²) in [5.41, 5.74) is 0.0689. The van der Waals surface area contributed by atoms with E-state index in [-0.39, 0.29) is 23.0 Å². The Morgan fingerprint density at radius 1 is 1.48 bits per heavy atom. The summed E-state index contributed by atoms with van der Waals surface area (Å²) in [4.78, 5) is 26.0. The van der Waals surface area contributed by atoms with Crippen LogP contribution < -0.4 is 4.90 Å². The fourth-order valence-corrected chi connectivity index (χ4v) is 2.76. The number of nitro benzene ring substituents is 1. The molecule has 2 rings (SSSR count). The van der Waals surface area contributed by atoms with E-state index in [4.69, 9.17) is 0 Å². The number of carboxylic acid groups (broad SMARTS) is 1. The van der Waals surface area contributed by atoms with Gasteiger partial charge in [0.2, 0.25) is 0 Å². The van der Waals surface area contributed by atoms with Crippen LogP contribution in [0.2, 0.25) is 0 Å². The molecular formula is C14H19N3O4. The van der Waals surface area contributed by atoms with Crippen LogP contribution in [0.5, 0.6) is 0 Å². The molecule has 114 valence electrons. The number of piperidine rings is 1. The molecule has 1 aromatic carbocycles. The van der Waals surface area contributed by atoms with Gasteiger partial charge in [0, 0.05) is 25.2 Å². The molecule has 7 heteroatoms. The fourth-order valence-electron chi connectivity index (χ4n) is 2.76. The van der Waals surface area contributed by atoms with E-state index in [1.54, 1.807) is 0 Å². The minimum Gasteiger partial charge on any atom is -0.478 e. The van der Waals surface area contributed by atoms with Gasteiger partial charge in [-0.3, -0.25) is 10.1 Å². The highest BCUT2D eigenvalue weighted by Crippen LogP contribution is 2.34. The number of para-hydroxylation sites is 1. The Kier molecular flexibility index (Phi) is 4.42. The molecular weight excluding hydrogens is 274 g/mol. The number of hydrogen-bond donors (Lipinski definition) is 1. The Morgan fingerprint density at radius 2 is 2.19 bits per heavy atom. The van der Waals surface area contributed by atoms with E-state index in [1.807, 2.05) is 19.0 Å². The molecule has 1 atom stereocenters. The standard InChI is InChI=1S/C14H19N3O4/c1-15(2)10-5-4-8-16(9-10)13-11(14(18)19)6-3-7-12(13)17(20)21/h3,6-7,10H,4-5,8-9H2,1-2H3,(H,18,19). The average Bonchev–Trinajstić information content (AvgIpc) is 2.46. The maximum Gasteiger partial charge on any atom is 0.338 e. The van der Waals surface area contributed by atoms with E-state index in [2.05, 4.69) is 4.90 Å². The Balaban J connectivity index is 2.45. The Hall–Kier alpha value is -2.15. The van der Waals surface area contributed by atoms with Gasteiger partial charge in [-0.2, -0.15) is 0 Å². The summed E-state index contributed by atoms with van der Waals surface area (Å²) in [6.07, 6.45) is 1.89. The number of anilines is 1. The zero-order valence-electron chi connectivity index (χ0n) is 12.2. The van der Waals surface area contributed by atoms with Crippen molar-refractivity contribution < 1.29 is 14.8 Å². The minimum atomic E-state index is -1.14. The summed E-state index contributed by atoms with van der Waals surface area (Å²) < 4.78 is 0. The van der Waals surface area contributed by atoms with Gasteiger partial charge >= 0.3 is 5.97 Å². The highest BCUT2D eigenvalue weighted by Gasteiger charge is 2.30. The molecule has 1 fully saturated rings. The third kappa shape index (κ3) is 3.13. The molecule has 0 aromatic heterocycles. The molecule has 0 amide bonds. The smallest absolute Gasteiger partial charge is 0.338 e. The van der Waals surface area contributed by atoms with E-state index < -0.39 is 10.9 Å². The van der Waals surface area contributed by atoms with E-state index in [1.165, 1.54) is 18.2 Å². The van der Waals surface area contributed by atoms with Crippen LogP contribution in [-0.2, 0) is 0 Å². The normalized spacial score (nSPS) is 18.8. The number of benzene rings is 1. The van der Waals surface area contributed by atoms with Crippen molar-refractivity contribution in [1.82, 2.24) is 4.90 Å². The van der Waals surface area contributed by atoms with Gasteiger partial charge in [-0.05, 0) is 33.0 Å². The molecule has 0 radical (unpaired) electrons. The lowest BCUT2D eigenvalue weighted by Gasteiger charge is -2.37. The lowest BCUT2D eigenvalue weighted by Crippen LogP contribution is -2.45. The van der Waals surface area contributed by atoms with Crippen molar-refractivity contribution in [3.8, 4) is 0 Å². The van der Waals surface area contributed by atoms with Crippen LogP contribution in [0.1, 0.15) is 23.2 Å². The van der Waals surface area contributed by atoms with E-state index in [0.29, 0.717) is 13.1 Å². The number of nitrogens with zero attached hydrogens (tertiary/aromatic N) is 3. The van der Waals surface area contributed by atoms with Gasteiger partial charge in [0.15, 0.2) is 0 Å². The zero-order valence-corrected chi connectivity index (χ0v) is 12.2. The Morgan fingerprint density at radius 3 is 2.76 bits per heavy atom. The topological polar surface area (TPSA) is 86.9 Å². The van der Waals surface area contributed by atoms with Gasteiger partial charge in [0.05, 0.1) is 10.5 Å². The van der Waals surface area contributed by atoms with E-state index >= 15 is 0 Å². The molecule has 1 aliphatic heterocycles. The SMILES string of the molecule is CN(C)C1CCCN(c2c(C(=O)O)cccc2[N+](=O)[O-])C1. The molecule has 0 bridgehead atoms. The summed E-state index contributed by atoms with van der Waals surface area (Å²) >= 11 is 0. The number of rotatable bonds is 4. The van der Waals surface area contributed by atoms with Gasteiger partial charge in [-0.1, -0.05) is 6.07 Å². The second-order valence-corrected chi connectivity index (χ2v) is 5.44. The first-order valence-electron chi connectivity index (χ1n) is 6.84. The zero-order chi connectivity index (χ0) is 15.6. The van der Waals surface area contributed by atoms with Gasteiger partial charge < -0.3 is 14.9 Å². The van der Waals surface area contributed by atoms with Crippen LogP contribution >= 0.6 is 0 Å². The minimum absolute atomic E-state index is 0.0105. The first-order chi connectivity index (χ1) is 9.91. The summed E-state index contributed by atoms with van der Waals surface area (Å²) in [7, 11) is 3.93. The second kappa shape index (κ2) is 6.09. The van der Waals surface area contributed by atoms with Crippen LogP contribution in [0, 0.1) is 10.1 Å². The average molecular weight is 293 g/mol. The molecule has 1 aliphatic rings. The molecule has 0 aliphatic carbocycles. The third-order valence-electron chi connectivity index (χ3n) is 3.88. The van der Waals surface area contributed by atoms with Gasteiger partial charge in [-0.25, -0.2) is 4.79 Å². The first kappa shape index (κ1) is 15.2. The number of carboxylic acids is 1. The second-order valence-electron chi connectivity index (χ2n) is 5.44. The lowest BCUT2D eigenvalue weighted by molar-refractivity contribution is -0.384. The number of aromatic carboxylic acids is 1. The van der Waals surface area contributed by atoms with E-state index in [9.17, 15) is 20.0 Å². The van der Waals surface area contributed by atoms with Crippen molar-refractivity contribution in [1.29, 1.82) is 0 Å². The van der Waals surface area contributed by atoms with Crippen LogP contribution in [0.3, 0.4) is 0 Å². The molecule has 1 unspecified atom stereocenters. The summed E-state index contributed by atoms with van der Waals surface area (Å²) in [6.45, 7) is 1.23. The van der Waals surface area contributed by atoms with Crippen molar-refractivity contribution in [3.63, 3.8) is 0 Å². The molecule has 21 heavy (non-hydrogen) atoms. The van der Waals surface area contributed by atoms with Crippen molar-refractivity contribution in [2.45, 2.75) is 18.9 Å². The monoisotopic (exact) mass is 293 g/mol. The predicted octanol–water partition coefficient (Wildman–Crippen LogP) is 1.82. The van der Waals surface area contributed by atoms with Gasteiger partial charge in [0.25, 0.3) is 5.69 Å².